The molecule has 104 valence electrons. The summed E-state index contributed by atoms with van der Waals surface area (Å²) in [6, 6.07) is 5.57. The number of benzene rings is 1. The van der Waals surface area contributed by atoms with E-state index in [0.29, 0.717) is 12.2 Å². The van der Waals surface area contributed by atoms with Crippen LogP contribution in [0.25, 0.3) is 0 Å². The second-order valence-electron chi connectivity index (χ2n) is 3.80. The fourth-order valence-corrected chi connectivity index (χ4v) is 1.47. The number of carboxylic acid groups (broad SMARTS) is 1. The highest BCUT2D eigenvalue weighted by atomic mass is 16.4. The van der Waals surface area contributed by atoms with Crippen molar-refractivity contribution in [2.75, 3.05) is 18.0 Å². The van der Waals surface area contributed by atoms with Crippen LogP contribution in [-0.4, -0.2) is 46.5 Å². The molecule has 7 heteroatoms. The zero-order chi connectivity index (χ0) is 14.4. The van der Waals surface area contributed by atoms with Gasteiger partial charge in [-0.1, -0.05) is 6.07 Å². The van der Waals surface area contributed by atoms with Crippen LogP contribution in [0, 0.1) is 0 Å². The lowest BCUT2D eigenvalue weighted by Crippen LogP contribution is -2.44. The Hall–Kier alpha value is -2.28. The molecule has 0 saturated carbocycles. The largest absolute Gasteiger partial charge is 0.508 e. The zero-order valence-corrected chi connectivity index (χ0v) is 10.4. The van der Waals surface area contributed by atoms with Crippen molar-refractivity contribution >= 4 is 17.7 Å². The Labute approximate surface area is 110 Å². The molecule has 0 aliphatic heterocycles. The number of amides is 2. The number of anilines is 1. The van der Waals surface area contributed by atoms with Gasteiger partial charge in [-0.15, -0.1) is 0 Å². The topological polar surface area (TPSA) is 110 Å². The molecule has 0 fully saturated rings. The molecule has 1 atom stereocenters. The number of aliphatic hydroxyl groups is 1. The maximum atomic E-state index is 11.8. The summed E-state index contributed by atoms with van der Waals surface area (Å²) >= 11 is 0. The molecule has 0 bridgehead atoms. The average Bonchev–Trinajstić information content (AvgIpc) is 2.36. The minimum Gasteiger partial charge on any atom is -0.508 e. The van der Waals surface area contributed by atoms with Crippen molar-refractivity contribution in [3.05, 3.63) is 24.3 Å². The lowest BCUT2D eigenvalue weighted by Gasteiger charge is -2.22. The van der Waals surface area contributed by atoms with E-state index in [1.54, 1.807) is 19.1 Å². The summed E-state index contributed by atoms with van der Waals surface area (Å²) in [5, 5.41) is 29.2. The van der Waals surface area contributed by atoms with E-state index < -0.39 is 18.1 Å². The van der Waals surface area contributed by atoms with E-state index >= 15 is 0 Å². The molecule has 0 heterocycles. The molecule has 0 radical (unpaired) electrons. The standard InChI is InChI=1S/C12H16N2O5/c1-2-14(8-4-3-5-9(15)6-8)12(19)13-7-10(16)11(17)18/h3-6,10,15-16H,2,7H2,1H3,(H,13,19)(H,17,18). The van der Waals surface area contributed by atoms with Gasteiger partial charge in [0.15, 0.2) is 6.10 Å². The normalized spacial score (nSPS) is 11.7. The summed E-state index contributed by atoms with van der Waals surface area (Å²) in [7, 11) is 0. The number of aliphatic carboxylic acids is 1. The molecule has 0 aliphatic rings. The first kappa shape index (κ1) is 14.8. The van der Waals surface area contributed by atoms with Crippen LogP contribution in [0.15, 0.2) is 24.3 Å². The molecule has 7 nitrogen and oxygen atoms in total. The molecule has 1 rings (SSSR count). The van der Waals surface area contributed by atoms with Crippen LogP contribution in [-0.2, 0) is 4.79 Å². The Balaban J connectivity index is 2.70. The third-order valence-electron chi connectivity index (χ3n) is 2.43. The summed E-state index contributed by atoms with van der Waals surface area (Å²) in [4.78, 5) is 23.6. The maximum Gasteiger partial charge on any atom is 0.334 e. The first-order valence-electron chi connectivity index (χ1n) is 5.71. The first-order valence-corrected chi connectivity index (χ1v) is 5.71. The molecule has 0 spiro atoms. The number of aromatic hydroxyl groups is 1. The number of nitrogens with one attached hydrogen (secondary N) is 1. The molecule has 4 N–H and O–H groups in total. The van der Waals surface area contributed by atoms with E-state index in [1.807, 2.05) is 0 Å². The van der Waals surface area contributed by atoms with Gasteiger partial charge in [0.1, 0.15) is 5.75 Å². The van der Waals surface area contributed by atoms with E-state index in [0.717, 1.165) is 0 Å². The molecular weight excluding hydrogens is 252 g/mol. The quantitative estimate of drug-likeness (QED) is 0.617. The van der Waals surface area contributed by atoms with E-state index in [4.69, 9.17) is 10.2 Å². The van der Waals surface area contributed by atoms with Crippen LogP contribution >= 0.6 is 0 Å². The number of rotatable bonds is 5. The number of carbonyl (C=O) groups excluding carboxylic acids is 1. The number of urea groups is 1. The Kier molecular flexibility index (Phi) is 5.13. The predicted molar refractivity (Wildman–Crippen MR) is 68.2 cm³/mol. The van der Waals surface area contributed by atoms with Crippen LogP contribution in [0.1, 0.15) is 6.92 Å². The Morgan fingerprint density at radius 3 is 2.63 bits per heavy atom. The minimum atomic E-state index is -1.65. The monoisotopic (exact) mass is 268 g/mol. The lowest BCUT2D eigenvalue weighted by molar-refractivity contribution is -0.146. The van der Waals surface area contributed by atoms with E-state index in [2.05, 4.69) is 5.32 Å². The highest BCUT2D eigenvalue weighted by Gasteiger charge is 2.18. The maximum absolute atomic E-state index is 11.8. The highest BCUT2D eigenvalue weighted by Crippen LogP contribution is 2.19. The van der Waals surface area contributed by atoms with Gasteiger partial charge in [0, 0.05) is 18.3 Å². The number of hydrogen-bond donors (Lipinski definition) is 4. The summed E-state index contributed by atoms with van der Waals surface area (Å²) in [5.41, 5.74) is 0.477. The van der Waals surface area contributed by atoms with Gasteiger partial charge in [0.05, 0.1) is 6.54 Å². The number of carboxylic acids is 1. The number of carbonyl (C=O) groups is 2. The number of hydrogen-bond acceptors (Lipinski definition) is 4. The zero-order valence-electron chi connectivity index (χ0n) is 10.4. The molecule has 0 aromatic heterocycles. The van der Waals surface area contributed by atoms with Gasteiger partial charge in [-0.2, -0.15) is 0 Å². The first-order chi connectivity index (χ1) is 8.95. The van der Waals surface area contributed by atoms with Crippen LogP contribution in [0.2, 0.25) is 0 Å². The van der Waals surface area contributed by atoms with Gasteiger partial charge < -0.3 is 20.6 Å². The number of aliphatic hydroxyl groups excluding tert-OH is 1. The van der Waals surface area contributed by atoms with Crippen LogP contribution < -0.4 is 10.2 Å². The fraction of sp³-hybridized carbons (Fsp3) is 0.333. The lowest BCUT2D eigenvalue weighted by atomic mass is 10.2. The average molecular weight is 268 g/mol. The summed E-state index contributed by atoms with van der Waals surface area (Å²) in [5.74, 6) is -1.38. The third kappa shape index (κ3) is 4.14. The van der Waals surface area contributed by atoms with Gasteiger partial charge in [-0.25, -0.2) is 9.59 Å². The molecule has 1 aromatic carbocycles. The number of phenolic OH excluding ortho intramolecular Hbond substituents is 1. The summed E-state index contributed by atoms with van der Waals surface area (Å²) in [6.07, 6.45) is -1.65. The van der Waals surface area contributed by atoms with Gasteiger partial charge >= 0.3 is 12.0 Å². The van der Waals surface area contributed by atoms with Crippen molar-refractivity contribution in [3.8, 4) is 5.75 Å². The van der Waals surface area contributed by atoms with Crippen LogP contribution in [0.4, 0.5) is 10.5 Å². The van der Waals surface area contributed by atoms with Gasteiger partial charge in [0.25, 0.3) is 0 Å². The van der Waals surface area contributed by atoms with E-state index in [1.165, 1.54) is 17.0 Å². The molecule has 19 heavy (non-hydrogen) atoms. The molecule has 0 saturated heterocycles. The van der Waals surface area contributed by atoms with Crippen molar-refractivity contribution in [2.24, 2.45) is 0 Å². The SMILES string of the molecule is CCN(C(=O)NCC(O)C(=O)O)c1cccc(O)c1. The molecule has 1 aromatic rings. The van der Waals surface area contributed by atoms with Crippen LogP contribution in [0.3, 0.4) is 0 Å². The second kappa shape index (κ2) is 6.60. The van der Waals surface area contributed by atoms with Crippen molar-refractivity contribution in [3.63, 3.8) is 0 Å². The minimum absolute atomic E-state index is 0.0225. The van der Waals surface area contributed by atoms with Crippen molar-refractivity contribution in [1.82, 2.24) is 5.32 Å². The molecular formula is C12H16N2O5. The van der Waals surface area contributed by atoms with Crippen molar-refractivity contribution < 1.29 is 24.9 Å². The van der Waals surface area contributed by atoms with Crippen LogP contribution in [0.5, 0.6) is 5.75 Å². The summed E-state index contributed by atoms with van der Waals surface area (Å²) in [6.45, 7) is 1.68. The Morgan fingerprint density at radius 2 is 2.11 bits per heavy atom. The number of nitrogens with zero attached hydrogens (tertiary/aromatic N) is 1. The van der Waals surface area contributed by atoms with Crippen molar-refractivity contribution in [2.45, 2.75) is 13.0 Å². The Bertz CT molecular complexity index is 463. The van der Waals surface area contributed by atoms with Gasteiger partial charge in [0.2, 0.25) is 0 Å². The molecule has 2 amide bonds. The van der Waals surface area contributed by atoms with E-state index in [9.17, 15) is 14.7 Å². The molecule has 0 aliphatic carbocycles. The smallest absolute Gasteiger partial charge is 0.334 e. The number of phenols is 1. The fourth-order valence-electron chi connectivity index (χ4n) is 1.47. The Morgan fingerprint density at radius 1 is 1.42 bits per heavy atom. The molecule has 1 unspecified atom stereocenters. The highest BCUT2D eigenvalue weighted by molar-refractivity contribution is 5.92. The second-order valence-corrected chi connectivity index (χ2v) is 3.80. The van der Waals surface area contributed by atoms with E-state index in [-0.39, 0.29) is 12.3 Å². The summed E-state index contributed by atoms with van der Waals surface area (Å²) < 4.78 is 0. The van der Waals surface area contributed by atoms with Gasteiger partial charge in [-0.3, -0.25) is 4.90 Å². The predicted octanol–water partition coefficient (Wildman–Crippen LogP) is 0.374. The third-order valence-corrected chi connectivity index (χ3v) is 2.43. The van der Waals surface area contributed by atoms with Gasteiger partial charge in [-0.05, 0) is 19.1 Å². The van der Waals surface area contributed by atoms with Crippen molar-refractivity contribution in [1.29, 1.82) is 0 Å².